The van der Waals surface area contributed by atoms with Crippen molar-refractivity contribution in [3.05, 3.63) is 41.3 Å². The molecule has 0 spiro atoms. The van der Waals surface area contributed by atoms with Crippen LogP contribution in [-0.4, -0.2) is 68.8 Å². The molecule has 3 aliphatic rings. The highest BCUT2D eigenvalue weighted by Gasteiger charge is 2.37. The van der Waals surface area contributed by atoms with Crippen LogP contribution in [0, 0.1) is 5.92 Å². The molecule has 0 bridgehead atoms. The SMILES string of the molecule is O=C(C[NH+]1CCN(S(=O)(=O)/C=C/c2ccccc2)CC1)N1CCC[C@H]2CCCC[C@H]21. The molecular weight excluding hydrogens is 398 g/mol. The summed E-state index contributed by atoms with van der Waals surface area (Å²) in [7, 11) is -3.43. The van der Waals surface area contributed by atoms with Crippen molar-refractivity contribution in [1.82, 2.24) is 9.21 Å². The third-order valence-electron chi connectivity index (χ3n) is 6.99. The maximum atomic E-state index is 13.0. The summed E-state index contributed by atoms with van der Waals surface area (Å²) in [6.45, 7) is 3.71. The Balaban J connectivity index is 1.29. The van der Waals surface area contributed by atoms with Gasteiger partial charge >= 0.3 is 0 Å². The highest BCUT2D eigenvalue weighted by Crippen LogP contribution is 2.35. The lowest BCUT2D eigenvalue weighted by atomic mass is 9.78. The van der Waals surface area contributed by atoms with Gasteiger partial charge in [-0.2, -0.15) is 4.31 Å². The molecule has 1 N–H and O–H groups in total. The zero-order chi connectivity index (χ0) is 21.0. The molecule has 1 saturated carbocycles. The van der Waals surface area contributed by atoms with Crippen LogP contribution in [0.25, 0.3) is 6.08 Å². The zero-order valence-corrected chi connectivity index (χ0v) is 18.5. The average molecular weight is 433 g/mol. The molecule has 0 unspecified atom stereocenters. The summed E-state index contributed by atoms with van der Waals surface area (Å²) in [5.74, 6) is 0.965. The predicted octanol–water partition coefficient (Wildman–Crippen LogP) is 1.37. The second-order valence-electron chi connectivity index (χ2n) is 8.93. The first-order valence-electron chi connectivity index (χ1n) is 11.4. The number of sulfonamides is 1. The van der Waals surface area contributed by atoms with Crippen LogP contribution in [0.1, 0.15) is 44.1 Å². The summed E-state index contributed by atoms with van der Waals surface area (Å²) in [5.41, 5.74) is 0.874. The first-order chi connectivity index (χ1) is 14.5. The summed E-state index contributed by atoms with van der Waals surface area (Å²) in [5, 5.41) is 1.30. The maximum Gasteiger partial charge on any atom is 0.278 e. The number of benzene rings is 1. The van der Waals surface area contributed by atoms with Gasteiger partial charge in [-0.1, -0.05) is 43.2 Å². The molecule has 0 radical (unpaired) electrons. The van der Waals surface area contributed by atoms with E-state index >= 15 is 0 Å². The Kier molecular flexibility index (Phi) is 6.91. The summed E-state index contributed by atoms with van der Waals surface area (Å²) in [6, 6.07) is 9.91. The van der Waals surface area contributed by atoms with E-state index in [-0.39, 0.29) is 5.91 Å². The largest absolute Gasteiger partial charge is 0.335 e. The van der Waals surface area contributed by atoms with E-state index in [0.29, 0.717) is 44.7 Å². The van der Waals surface area contributed by atoms with Gasteiger partial charge in [0.25, 0.3) is 5.91 Å². The van der Waals surface area contributed by atoms with Gasteiger partial charge in [-0.25, -0.2) is 8.42 Å². The van der Waals surface area contributed by atoms with E-state index in [9.17, 15) is 13.2 Å². The lowest BCUT2D eigenvalue weighted by Gasteiger charge is -2.44. The number of carbonyl (C=O) groups excluding carboxylic acids is 1. The molecule has 3 fully saturated rings. The van der Waals surface area contributed by atoms with Crippen molar-refractivity contribution >= 4 is 22.0 Å². The number of amides is 1. The van der Waals surface area contributed by atoms with Crippen molar-refractivity contribution in [3.8, 4) is 0 Å². The quantitative estimate of drug-likeness (QED) is 0.765. The van der Waals surface area contributed by atoms with E-state index < -0.39 is 10.0 Å². The molecule has 2 heterocycles. The Hall–Kier alpha value is -1.70. The highest BCUT2D eigenvalue weighted by molar-refractivity contribution is 7.92. The molecule has 0 aromatic heterocycles. The second kappa shape index (κ2) is 9.62. The molecule has 30 heavy (non-hydrogen) atoms. The van der Waals surface area contributed by atoms with Crippen molar-refractivity contribution in [2.24, 2.45) is 5.92 Å². The minimum atomic E-state index is -3.43. The van der Waals surface area contributed by atoms with Crippen LogP contribution >= 0.6 is 0 Å². The molecule has 2 saturated heterocycles. The Morgan fingerprint density at radius 1 is 1.00 bits per heavy atom. The van der Waals surface area contributed by atoms with Crippen LogP contribution in [0.15, 0.2) is 35.7 Å². The molecule has 6 nitrogen and oxygen atoms in total. The number of hydrogen-bond donors (Lipinski definition) is 1. The number of nitrogens with zero attached hydrogens (tertiary/aromatic N) is 2. The van der Waals surface area contributed by atoms with Gasteiger partial charge in [0.1, 0.15) is 0 Å². The minimum Gasteiger partial charge on any atom is -0.335 e. The Morgan fingerprint density at radius 3 is 2.47 bits per heavy atom. The fourth-order valence-corrected chi connectivity index (χ4v) is 6.49. The van der Waals surface area contributed by atoms with Crippen molar-refractivity contribution in [3.63, 3.8) is 0 Å². The molecule has 1 aromatic carbocycles. The van der Waals surface area contributed by atoms with Crippen LogP contribution in [0.4, 0.5) is 0 Å². The normalized spacial score (nSPS) is 26.6. The standard InChI is InChI=1S/C23H33N3O3S/c27-23(26-13-6-10-21-9-4-5-11-22(21)26)19-24-14-16-25(17-15-24)30(28,29)18-12-20-7-2-1-3-8-20/h1-3,7-8,12,18,21-22H,4-6,9-11,13-17,19H2/p+1/b18-12+/t21-,22-/m1/s1. The lowest BCUT2D eigenvalue weighted by molar-refractivity contribution is -0.896. The predicted molar refractivity (Wildman–Crippen MR) is 118 cm³/mol. The van der Waals surface area contributed by atoms with E-state index in [1.165, 1.54) is 36.0 Å². The third-order valence-corrected chi connectivity index (χ3v) is 8.55. The fraction of sp³-hybridized carbons (Fsp3) is 0.609. The molecule has 164 valence electrons. The molecule has 1 aromatic rings. The fourth-order valence-electron chi connectivity index (χ4n) is 5.30. The Bertz CT molecular complexity index is 846. The van der Waals surface area contributed by atoms with E-state index in [1.807, 2.05) is 30.3 Å². The van der Waals surface area contributed by atoms with Crippen LogP contribution in [0.2, 0.25) is 0 Å². The smallest absolute Gasteiger partial charge is 0.278 e. The molecule has 1 aliphatic carbocycles. The second-order valence-corrected chi connectivity index (χ2v) is 10.7. The third kappa shape index (κ3) is 5.13. The van der Waals surface area contributed by atoms with Crippen LogP contribution in [0.5, 0.6) is 0 Å². The van der Waals surface area contributed by atoms with Gasteiger partial charge in [-0.3, -0.25) is 4.79 Å². The van der Waals surface area contributed by atoms with Crippen LogP contribution < -0.4 is 4.90 Å². The molecule has 2 atom stereocenters. The van der Waals surface area contributed by atoms with Gasteiger partial charge in [0.05, 0.1) is 26.2 Å². The van der Waals surface area contributed by atoms with Crippen molar-refractivity contribution in [2.45, 2.75) is 44.6 Å². The van der Waals surface area contributed by atoms with Gasteiger partial charge in [0.15, 0.2) is 6.54 Å². The number of piperidine rings is 1. The number of likely N-dealkylation sites (tertiary alicyclic amines) is 1. The monoisotopic (exact) mass is 432 g/mol. The molecule has 4 rings (SSSR count). The van der Waals surface area contributed by atoms with E-state index in [1.54, 1.807) is 10.4 Å². The van der Waals surface area contributed by atoms with E-state index in [0.717, 1.165) is 24.9 Å². The summed E-state index contributed by atoms with van der Waals surface area (Å²) in [4.78, 5) is 16.4. The first kappa shape index (κ1) is 21.5. The number of rotatable bonds is 5. The Labute approximate surface area is 180 Å². The van der Waals surface area contributed by atoms with Gasteiger partial charge in [-0.05, 0) is 43.2 Å². The number of hydrogen-bond acceptors (Lipinski definition) is 3. The van der Waals surface area contributed by atoms with Crippen molar-refractivity contribution in [2.75, 3.05) is 39.3 Å². The molecule has 7 heteroatoms. The summed E-state index contributed by atoms with van der Waals surface area (Å²) >= 11 is 0. The zero-order valence-electron chi connectivity index (χ0n) is 17.7. The maximum absolute atomic E-state index is 13.0. The number of piperazine rings is 1. The van der Waals surface area contributed by atoms with E-state index in [4.69, 9.17) is 0 Å². The molecule has 1 amide bonds. The number of fused-ring (bicyclic) bond motifs is 1. The van der Waals surface area contributed by atoms with Gasteiger partial charge in [0.2, 0.25) is 10.0 Å². The average Bonchev–Trinajstić information content (AvgIpc) is 2.78. The summed E-state index contributed by atoms with van der Waals surface area (Å²) in [6.07, 6.45) is 9.03. The highest BCUT2D eigenvalue weighted by atomic mass is 32.2. The minimum absolute atomic E-state index is 0.266. The van der Waals surface area contributed by atoms with Gasteiger partial charge in [-0.15, -0.1) is 0 Å². The van der Waals surface area contributed by atoms with Crippen LogP contribution in [-0.2, 0) is 14.8 Å². The van der Waals surface area contributed by atoms with Crippen LogP contribution in [0.3, 0.4) is 0 Å². The number of quaternary nitrogens is 1. The summed E-state index contributed by atoms with van der Waals surface area (Å²) < 4.78 is 26.8. The van der Waals surface area contributed by atoms with Crippen molar-refractivity contribution in [1.29, 1.82) is 0 Å². The topological polar surface area (TPSA) is 62.1 Å². The van der Waals surface area contributed by atoms with Gasteiger partial charge < -0.3 is 9.80 Å². The number of carbonyl (C=O) groups is 1. The molecule has 2 aliphatic heterocycles. The van der Waals surface area contributed by atoms with Gasteiger partial charge in [0, 0.05) is 18.0 Å². The van der Waals surface area contributed by atoms with Crippen molar-refractivity contribution < 1.29 is 18.1 Å². The molecular formula is C23H34N3O3S+. The first-order valence-corrected chi connectivity index (χ1v) is 12.9. The van der Waals surface area contributed by atoms with E-state index in [2.05, 4.69) is 4.90 Å². The number of nitrogens with one attached hydrogen (secondary N) is 1. The Morgan fingerprint density at radius 2 is 1.70 bits per heavy atom. The lowest BCUT2D eigenvalue weighted by Crippen LogP contribution is -3.15.